The largest absolute Gasteiger partial charge is 0.490 e. The molecule has 3 rings (SSSR count). The van der Waals surface area contributed by atoms with Gasteiger partial charge in [-0.15, -0.1) is 0 Å². The van der Waals surface area contributed by atoms with Gasteiger partial charge in [-0.25, -0.2) is 0 Å². The van der Waals surface area contributed by atoms with Gasteiger partial charge in [0.25, 0.3) is 17.7 Å². The molecule has 0 bridgehead atoms. The first-order chi connectivity index (χ1) is 14.9. The molecule has 0 spiro atoms. The second kappa shape index (κ2) is 10.1. The summed E-state index contributed by atoms with van der Waals surface area (Å²) in [5.74, 6) is -0.897. The van der Waals surface area contributed by atoms with Gasteiger partial charge in [0, 0.05) is 0 Å². The second-order valence-corrected chi connectivity index (χ2v) is 7.07. The molecule has 2 aromatic rings. The van der Waals surface area contributed by atoms with Gasteiger partial charge in [0.2, 0.25) is 0 Å². The van der Waals surface area contributed by atoms with Crippen LogP contribution in [-0.4, -0.2) is 36.0 Å². The van der Waals surface area contributed by atoms with E-state index in [1.807, 2.05) is 0 Å². The molecule has 3 N–H and O–H groups in total. The molecule has 1 aliphatic heterocycles. The van der Waals surface area contributed by atoms with Gasteiger partial charge in [-0.05, 0) is 55.0 Å². The van der Waals surface area contributed by atoms with E-state index in [0.717, 1.165) is 0 Å². The first-order valence-corrected chi connectivity index (χ1v) is 9.98. The Balaban J connectivity index is 1.73. The highest BCUT2D eigenvalue weighted by atomic mass is 35.5. The van der Waals surface area contributed by atoms with Gasteiger partial charge in [0.1, 0.15) is 5.57 Å². The minimum Gasteiger partial charge on any atom is -0.490 e. The van der Waals surface area contributed by atoms with Crippen molar-refractivity contribution >= 4 is 58.4 Å². The zero-order valence-electron chi connectivity index (χ0n) is 16.4. The molecule has 2 aromatic carbocycles. The molecule has 0 atom stereocenters. The third kappa shape index (κ3) is 5.80. The zero-order valence-corrected chi connectivity index (χ0v) is 17.9. The summed E-state index contributed by atoms with van der Waals surface area (Å²) in [7, 11) is 0. The summed E-state index contributed by atoms with van der Waals surface area (Å²) < 4.78 is 11.2. The van der Waals surface area contributed by atoms with Gasteiger partial charge in [0.15, 0.2) is 23.2 Å². The minimum absolute atomic E-state index is 0.0408. The van der Waals surface area contributed by atoms with E-state index in [2.05, 4.69) is 16.0 Å². The number of hydrogen-bond donors (Lipinski definition) is 3. The van der Waals surface area contributed by atoms with E-state index in [1.54, 1.807) is 49.4 Å². The van der Waals surface area contributed by atoms with Crippen LogP contribution >= 0.6 is 23.8 Å². The lowest BCUT2D eigenvalue weighted by molar-refractivity contribution is -0.123. The Morgan fingerprint density at radius 3 is 2.48 bits per heavy atom. The number of anilines is 1. The van der Waals surface area contributed by atoms with Crippen LogP contribution < -0.4 is 25.4 Å². The van der Waals surface area contributed by atoms with E-state index in [0.29, 0.717) is 34.4 Å². The summed E-state index contributed by atoms with van der Waals surface area (Å²) in [6.45, 7) is 1.87. The van der Waals surface area contributed by atoms with Gasteiger partial charge in [-0.3, -0.25) is 25.0 Å². The molecule has 1 aliphatic rings. The average Bonchev–Trinajstić information content (AvgIpc) is 2.72. The lowest BCUT2D eigenvalue weighted by Crippen LogP contribution is -2.51. The Bertz CT molecular complexity index is 1060. The number of halogens is 1. The van der Waals surface area contributed by atoms with Crippen molar-refractivity contribution in [1.82, 2.24) is 10.6 Å². The van der Waals surface area contributed by atoms with Crippen LogP contribution in [0.15, 0.2) is 48.0 Å². The molecular weight excluding hydrogens is 442 g/mol. The molecule has 10 heteroatoms. The van der Waals surface area contributed by atoms with Crippen molar-refractivity contribution < 1.29 is 23.9 Å². The highest BCUT2D eigenvalue weighted by molar-refractivity contribution is 7.80. The maximum absolute atomic E-state index is 12.2. The van der Waals surface area contributed by atoms with Gasteiger partial charge in [0.05, 0.1) is 17.3 Å². The number of ether oxygens (including phenoxy) is 2. The van der Waals surface area contributed by atoms with Crippen LogP contribution in [0.2, 0.25) is 5.02 Å². The first-order valence-electron chi connectivity index (χ1n) is 9.19. The molecule has 160 valence electrons. The third-order valence-electron chi connectivity index (χ3n) is 4.03. The van der Waals surface area contributed by atoms with Gasteiger partial charge < -0.3 is 14.8 Å². The van der Waals surface area contributed by atoms with Gasteiger partial charge >= 0.3 is 0 Å². The topological polar surface area (TPSA) is 106 Å². The number of para-hydroxylation sites is 1. The van der Waals surface area contributed by atoms with Crippen LogP contribution in [0.3, 0.4) is 0 Å². The van der Waals surface area contributed by atoms with E-state index in [4.69, 9.17) is 33.3 Å². The predicted molar refractivity (Wildman–Crippen MR) is 120 cm³/mol. The molecule has 1 saturated heterocycles. The Morgan fingerprint density at radius 1 is 1.10 bits per heavy atom. The van der Waals surface area contributed by atoms with Crippen molar-refractivity contribution in [2.45, 2.75) is 6.92 Å². The van der Waals surface area contributed by atoms with Crippen molar-refractivity contribution in [1.29, 1.82) is 0 Å². The monoisotopic (exact) mass is 459 g/mol. The lowest BCUT2D eigenvalue weighted by Gasteiger charge is -2.17. The molecule has 1 heterocycles. The maximum atomic E-state index is 12.2. The van der Waals surface area contributed by atoms with Crippen molar-refractivity contribution in [2.75, 3.05) is 18.5 Å². The Morgan fingerprint density at radius 2 is 1.81 bits per heavy atom. The minimum atomic E-state index is -0.594. The number of carbonyl (C=O) groups is 3. The average molecular weight is 460 g/mol. The number of rotatable bonds is 7. The number of carbonyl (C=O) groups excluding carboxylic acids is 3. The molecule has 0 aliphatic carbocycles. The van der Waals surface area contributed by atoms with Crippen molar-refractivity contribution in [2.24, 2.45) is 0 Å². The van der Waals surface area contributed by atoms with Crippen LogP contribution in [0.25, 0.3) is 6.08 Å². The van der Waals surface area contributed by atoms with Crippen molar-refractivity contribution in [3.8, 4) is 11.5 Å². The van der Waals surface area contributed by atoms with Gasteiger partial charge in [-0.1, -0.05) is 29.8 Å². The Kier molecular flexibility index (Phi) is 7.22. The third-order valence-corrected chi connectivity index (χ3v) is 4.56. The standard InChI is InChI=1S/C21H18ClN3O5S/c1-2-29-17-10-12(9-13-19(27)24-21(31)25-20(13)28)7-8-16(17)30-11-18(26)23-15-6-4-3-5-14(15)22/h3-10H,2,11H2,1H3,(H,23,26)(H2,24,25,27,28,31). The van der Waals surface area contributed by atoms with Crippen LogP contribution in [0.5, 0.6) is 11.5 Å². The molecule has 31 heavy (non-hydrogen) atoms. The fourth-order valence-electron chi connectivity index (χ4n) is 2.67. The number of nitrogens with one attached hydrogen (secondary N) is 3. The summed E-state index contributed by atoms with van der Waals surface area (Å²) in [5, 5.41) is 7.78. The number of amides is 3. The molecule has 0 radical (unpaired) electrons. The van der Waals surface area contributed by atoms with E-state index in [-0.39, 0.29) is 17.3 Å². The van der Waals surface area contributed by atoms with E-state index < -0.39 is 17.7 Å². The summed E-state index contributed by atoms with van der Waals surface area (Å²) in [6.07, 6.45) is 1.41. The Labute approximate surface area is 188 Å². The number of thiocarbonyl (C=S) groups is 1. The molecular formula is C21H18ClN3O5S. The van der Waals surface area contributed by atoms with Gasteiger partial charge in [-0.2, -0.15) is 0 Å². The lowest BCUT2D eigenvalue weighted by atomic mass is 10.1. The Hall–Kier alpha value is -3.43. The molecule has 1 fully saturated rings. The van der Waals surface area contributed by atoms with E-state index >= 15 is 0 Å². The highest BCUT2D eigenvalue weighted by Gasteiger charge is 2.25. The zero-order chi connectivity index (χ0) is 22.4. The quantitative estimate of drug-likeness (QED) is 0.334. The fraction of sp³-hybridized carbons (Fsp3) is 0.143. The first kappa shape index (κ1) is 22.3. The molecule has 0 aromatic heterocycles. The summed E-state index contributed by atoms with van der Waals surface area (Å²) >= 11 is 10.8. The summed E-state index contributed by atoms with van der Waals surface area (Å²) in [6, 6.07) is 11.7. The number of benzene rings is 2. The van der Waals surface area contributed by atoms with Crippen LogP contribution in [0.4, 0.5) is 5.69 Å². The van der Waals surface area contributed by atoms with Crippen LogP contribution in [0.1, 0.15) is 12.5 Å². The van der Waals surface area contributed by atoms with Crippen molar-refractivity contribution in [3.63, 3.8) is 0 Å². The van der Waals surface area contributed by atoms with Crippen LogP contribution in [-0.2, 0) is 14.4 Å². The summed E-state index contributed by atoms with van der Waals surface area (Å²) in [4.78, 5) is 36.2. The van der Waals surface area contributed by atoms with Crippen molar-refractivity contribution in [3.05, 3.63) is 58.6 Å². The van der Waals surface area contributed by atoms with Crippen LogP contribution in [0, 0.1) is 0 Å². The smallest absolute Gasteiger partial charge is 0.263 e. The molecule has 3 amide bonds. The predicted octanol–water partition coefficient (Wildman–Crippen LogP) is 2.67. The highest BCUT2D eigenvalue weighted by Crippen LogP contribution is 2.30. The number of hydrogen-bond acceptors (Lipinski definition) is 6. The fourth-order valence-corrected chi connectivity index (χ4v) is 3.04. The molecule has 0 saturated carbocycles. The molecule has 8 nitrogen and oxygen atoms in total. The second-order valence-electron chi connectivity index (χ2n) is 6.25. The SMILES string of the molecule is CCOc1cc(C=C2C(=O)NC(=S)NC2=O)ccc1OCC(=O)Nc1ccccc1Cl. The normalized spacial score (nSPS) is 13.2. The molecule has 0 unspecified atom stereocenters. The summed E-state index contributed by atoms with van der Waals surface area (Å²) in [5.41, 5.74) is 0.918. The van der Waals surface area contributed by atoms with E-state index in [9.17, 15) is 14.4 Å². The van der Waals surface area contributed by atoms with E-state index in [1.165, 1.54) is 6.08 Å². The maximum Gasteiger partial charge on any atom is 0.263 e.